The third-order valence-electron chi connectivity index (χ3n) is 7.36. The third kappa shape index (κ3) is 4.87. The molecule has 2 bridgehead atoms. The van der Waals surface area contributed by atoms with E-state index < -0.39 is 11.6 Å². The normalized spacial score (nSPS) is 23.5. The summed E-state index contributed by atoms with van der Waals surface area (Å²) in [5.41, 5.74) is -1.16. The first kappa shape index (κ1) is 24.0. The van der Waals surface area contributed by atoms with Gasteiger partial charge < -0.3 is 19.1 Å². The molecule has 0 saturated carbocycles. The highest BCUT2D eigenvalue weighted by molar-refractivity contribution is 7.12. The van der Waals surface area contributed by atoms with Crippen LogP contribution >= 0.6 is 22.7 Å². The molecule has 3 aromatic rings. The van der Waals surface area contributed by atoms with Crippen molar-refractivity contribution in [1.82, 2.24) is 0 Å². The molecule has 6 nitrogen and oxygen atoms in total. The number of hydrogen-bond donors (Lipinski definition) is 1. The molecule has 0 radical (unpaired) electrons. The second-order valence-corrected chi connectivity index (χ2v) is 11.4. The lowest BCUT2D eigenvalue weighted by Gasteiger charge is -2.52. The number of aliphatic hydroxyl groups is 1. The maximum absolute atomic E-state index is 13.5. The molecule has 0 spiro atoms. The molecule has 3 aliphatic heterocycles. The van der Waals surface area contributed by atoms with Gasteiger partial charge in [0.25, 0.3) is 0 Å². The average Bonchev–Trinajstić information content (AvgIpc) is 3.62. The van der Waals surface area contributed by atoms with E-state index >= 15 is 0 Å². The molecule has 182 valence electrons. The summed E-state index contributed by atoms with van der Waals surface area (Å²) in [5.74, 6) is 0.495. The molecule has 6 rings (SSSR count). The summed E-state index contributed by atoms with van der Waals surface area (Å²) in [6.45, 7) is 4.49. The molecular formula is C27H29N2O4S2+. The second-order valence-electron chi connectivity index (χ2n) is 9.48. The number of esters is 1. The van der Waals surface area contributed by atoms with Gasteiger partial charge >= 0.3 is 5.97 Å². The average molecular weight is 510 g/mol. The minimum Gasteiger partial charge on any atom is -0.493 e. The fourth-order valence-corrected chi connectivity index (χ4v) is 7.14. The van der Waals surface area contributed by atoms with Crippen molar-refractivity contribution in [2.24, 2.45) is 5.92 Å². The first-order valence-corrected chi connectivity index (χ1v) is 13.8. The Morgan fingerprint density at radius 3 is 2.46 bits per heavy atom. The number of piperidine rings is 3. The number of rotatable bonds is 9. The van der Waals surface area contributed by atoms with Crippen LogP contribution in [0.15, 0.2) is 59.3 Å². The van der Waals surface area contributed by atoms with Gasteiger partial charge in [0, 0.05) is 25.2 Å². The number of hydrogen-bond acceptors (Lipinski definition) is 7. The third-order valence-corrected chi connectivity index (χ3v) is 9.32. The number of benzene rings is 1. The predicted molar refractivity (Wildman–Crippen MR) is 135 cm³/mol. The minimum atomic E-state index is -1.76. The molecule has 1 N–H and O–H groups in total. The molecule has 0 amide bonds. The molecule has 3 aliphatic rings. The fraction of sp³-hybridized carbons (Fsp3) is 0.407. The number of ether oxygens (including phenoxy) is 2. The number of fused-ring (bicyclic) bond motifs is 3. The van der Waals surface area contributed by atoms with Gasteiger partial charge in [-0.15, -0.1) is 22.7 Å². The monoisotopic (exact) mass is 509 g/mol. The molecule has 1 unspecified atom stereocenters. The Hall–Kier alpha value is -2.70. The van der Waals surface area contributed by atoms with Crippen LogP contribution in [0.5, 0.6) is 5.75 Å². The predicted octanol–water partition coefficient (Wildman–Crippen LogP) is 4.54. The molecule has 1 aromatic carbocycles. The van der Waals surface area contributed by atoms with E-state index in [0.717, 1.165) is 55.7 Å². The summed E-state index contributed by atoms with van der Waals surface area (Å²) in [4.78, 5) is 14.7. The van der Waals surface area contributed by atoms with Crippen LogP contribution in [0, 0.1) is 17.2 Å². The SMILES string of the molecule is N#Cc1cccc(OCCC[N+]23CCC(CC2)C(OC(=O)C(O)(c2cccs2)c2cccs2)C3)c1. The smallest absolute Gasteiger partial charge is 0.349 e. The minimum absolute atomic E-state index is 0.190. The highest BCUT2D eigenvalue weighted by Gasteiger charge is 2.51. The van der Waals surface area contributed by atoms with Crippen LogP contribution < -0.4 is 4.74 Å². The Labute approximate surface area is 213 Å². The molecule has 2 aromatic heterocycles. The van der Waals surface area contributed by atoms with Gasteiger partial charge in [-0.1, -0.05) is 18.2 Å². The molecule has 8 heteroatoms. The van der Waals surface area contributed by atoms with Gasteiger partial charge in [-0.2, -0.15) is 5.26 Å². The highest BCUT2D eigenvalue weighted by atomic mass is 32.1. The van der Waals surface area contributed by atoms with Gasteiger partial charge in [-0.3, -0.25) is 0 Å². The summed E-state index contributed by atoms with van der Waals surface area (Å²) >= 11 is 2.73. The molecule has 3 saturated heterocycles. The summed E-state index contributed by atoms with van der Waals surface area (Å²) in [7, 11) is 0. The zero-order valence-electron chi connectivity index (χ0n) is 19.5. The molecule has 3 fully saturated rings. The number of thiophene rings is 2. The number of carbonyl (C=O) groups excluding carboxylic acids is 1. The number of quaternary nitrogens is 1. The van der Waals surface area contributed by atoms with Gasteiger partial charge in [-0.25, -0.2) is 4.79 Å². The quantitative estimate of drug-likeness (QED) is 0.260. The number of nitriles is 1. The Balaban J connectivity index is 1.22. The Kier molecular flexibility index (Phi) is 6.94. The van der Waals surface area contributed by atoms with E-state index in [9.17, 15) is 9.90 Å². The molecule has 0 aliphatic carbocycles. The van der Waals surface area contributed by atoms with Gasteiger partial charge in [0.15, 0.2) is 6.10 Å². The van der Waals surface area contributed by atoms with Crippen LogP contribution in [0.4, 0.5) is 0 Å². The van der Waals surface area contributed by atoms with Crippen LogP contribution in [0.3, 0.4) is 0 Å². The Morgan fingerprint density at radius 2 is 1.83 bits per heavy atom. The Bertz CT molecular complexity index is 1140. The van der Waals surface area contributed by atoms with Crippen molar-refractivity contribution in [2.45, 2.75) is 31.0 Å². The largest absolute Gasteiger partial charge is 0.493 e. The van der Waals surface area contributed by atoms with Crippen LogP contribution in [0.25, 0.3) is 0 Å². The van der Waals surface area contributed by atoms with E-state index in [0.29, 0.717) is 27.8 Å². The van der Waals surface area contributed by atoms with Crippen molar-refractivity contribution in [2.75, 3.05) is 32.8 Å². The van der Waals surface area contributed by atoms with E-state index in [-0.39, 0.29) is 6.10 Å². The van der Waals surface area contributed by atoms with Crippen molar-refractivity contribution in [3.63, 3.8) is 0 Å². The van der Waals surface area contributed by atoms with Crippen molar-refractivity contribution in [3.05, 3.63) is 74.6 Å². The van der Waals surface area contributed by atoms with Crippen molar-refractivity contribution in [1.29, 1.82) is 5.26 Å². The van der Waals surface area contributed by atoms with E-state index in [2.05, 4.69) is 6.07 Å². The van der Waals surface area contributed by atoms with Crippen LogP contribution in [0.2, 0.25) is 0 Å². The van der Waals surface area contributed by atoms with E-state index in [1.54, 1.807) is 24.3 Å². The lowest BCUT2D eigenvalue weighted by atomic mass is 9.83. The zero-order valence-corrected chi connectivity index (χ0v) is 21.1. The van der Waals surface area contributed by atoms with Crippen molar-refractivity contribution in [3.8, 4) is 11.8 Å². The van der Waals surface area contributed by atoms with Gasteiger partial charge in [0.05, 0.1) is 47.6 Å². The molecule has 5 heterocycles. The lowest BCUT2D eigenvalue weighted by Crippen LogP contribution is -2.65. The molecular weight excluding hydrogens is 480 g/mol. The van der Waals surface area contributed by atoms with E-state index in [1.807, 2.05) is 35.0 Å². The standard InChI is InChI=1S/C27H29N2O4S2/c28-18-20-5-1-6-22(17-20)32-14-4-11-29-12-9-21(10-13-29)23(19-29)33-26(30)27(31,24-7-2-15-34-24)25-8-3-16-35-25/h1-3,5-8,15-17,21,23,31H,4,9-14,19H2/q+1. The van der Waals surface area contributed by atoms with Gasteiger partial charge in [0.2, 0.25) is 5.60 Å². The van der Waals surface area contributed by atoms with Crippen molar-refractivity contribution < 1.29 is 23.9 Å². The van der Waals surface area contributed by atoms with Crippen LogP contribution in [-0.2, 0) is 15.1 Å². The lowest BCUT2D eigenvalue weighted by molar-refractivity contribution is -0.946. The first-order chi connectivity index (χ1) is 17.0. The number of nitrogens with zero attached hydrogens (tertiary/aromatic N) is 2. The highest BCUT2D eigenvalue weighted by Crippen LogP contribution is 2.40. The van der Waals surface area contributed by atoms with E-state index in [1.165, 1.54) is 22.7 Å². The summed E-state index contributed by atoms with van der Waals surface area (Å²) in [6, 6.07) is 16.6. The molecule has 35 heavy (non-hydrogen) atoms. The topological polar surface area (TPSA) is 79.5 Å². The molecule has 1 atom stereocenters. The van der Waals surface area contributed by atoms with Crippen molar-refractivity contribution >= 4 is 28.6 Å². The maximum atomic E-state index is 13.5. The van der Waals surface area contributed by atoms with Crippen LogP contribution in [-0.4, -0.2) is 54.4 Å². The first-order valence-electron chi connectivity index (χ1n) is 12.0. The zero-order chi connectivity index (χ0) is 24.3. The second kappa shape index (κ2) is 10.1. The summed E-state index contributed by atoms with van der Waals surface area (Å²) in [6.07, 6.45) is 2.75. The summed E-state index contributed by atoms with van der Waals surface area (Å²) in [5, 5.41) is 24.4. The summed E-state index contributed by atoms with van der Waals surface area (Å²) < 4.78 is 12.9. The Morgan fingerprint density at radius 1 is 1.11 bits per heavy atom. The van der Waals surface area contributed by atoms with Crippen LogP contribution in [0.1, 0.15) is 34.6 Å². The van der Waals surface area contributed by atoms with Gasteiger partial charge in [-0.05, 0) is 41.1 Å². The fourth-order valence-electron chi connectivity index (χ4n) is 5.43. The maximum Gasteiger partial charge on any atom is 0.349 e. The number of carbonyl (C=O) groups is 1. The van der Waals surface area contributed by atoms with Gasteiger partial charge in [0.1, 0.15) is 12.3 Å². The van der Waals surface area contributed by atoms with E-state index in [4.69, 9.17) is 14.7 Å².